The molecule has 8 heteroatoms. The first-order valence-electron chi connectivity index (χ1n) is 5.49. The summed E-state index contributed by atoms with van der Waals surface area (Å²) in [5, 5.41) is 9.21. The zero-order chi connectivity index (χ0) is 12.7. The molecule has 18 heavy (non-hydrogen) atoms. The normalized spacial score (nSPS) is 33.4. The molecule has 0 saturated carbocycles. The second kappa shape index (κ2) is 4.07. The average Bonchev–Trinajstić information content (AvgIpc) is 2.91. The van der Waals surface area contributed by atoms with Crippen LogP contribution in [0.3, 0.4) is 0 Å². The van der Waals surface area contributed by atoms with E-state index in [4.69, 9.17) is 15.2 Å². The van der Waals surface area contributed by atoms with E-state index in [9.17, 15) is 9.90 Å². The van der Waals surface area contributed by atoms with Gasteiger partial charge in [-0.05, 0) is 6.07 Å². The highest BCUT2D eigenvalue weighted by molar-refractivity contribution is 5.50. The van der Waals surface area contributed by atoms with Crippen LogP contribution < -0.4 is 11.4 Å². The number of aromatic nitrogens is 2. The molecule has 1 aromatic heterocycles. The molecule has 1 fully saturated rings. The Morgan fingerprint density at radius 2 is 2.39 bits per heavy atom. The van der Waals surface area contributed by atoms with Gasteiger partial charge in [-0.25, -0.2) is 9.79 Å². The van der Waals surface area contributed by atoms with Crippen molar-refractivity contribution in [3.05, 3.63) is 22.7 Å². The molecule has 96 valence electrons. The van der Waals surface area contributed by atoms with Gasteiger partial charge in [-0.3, -0.25) is 4.57 Å². The van der Waals surface area contributed by atoms with Crippen LogP contribution in [-0.4, -0.2) is 45.9 Å². The summed E-state index contributed by atoms with van der Waals surface area (Å²) in [6, 6.07) is 1.15. The lowest BCUT2D eigenvalue weighted by Crippen LogP contribution is -2.33. The van der Waals surface area contributed by atoms with Gasteiger partial charge in [-0.1, -0.05) is 0 Å². The first-order valence-corrected chi connectivity index (χ1v) is 5.49. The number of hydrogen-bond donors (Lipinski definition) is 2. The third kappa shape index (κ3) is 1.57. The summed E-state index contributed by atoms with van der Waals surface area (Å²) in [6.45, 7) is -0.196. The number of rotatable bonds is 2. The second-order valence-corrected chi connectivity index (χ2v) is 4.14. The van der Waals surface area contributed by atoms with E-state index in [-0.39, 0.29) is 24.6 Å². The van der Waals surface area contributed by atoms with Crippen LogP contribution in [0.25, 0.3) is 0 Å². The monoisotopic (exact) mass is 252 g/mol. The first-order chi connectivity index (χ1) is 8.70. The zero-order valence-electron chi connectivity index (χ0n) is 9.34. The SMILES string of the molecule is Nc1ccn([C@@H]2O[C@H](CO)[C@H]3OC=N[C@H]32)c(=O)n1. The number of anilines is 1. The van der Waals surface area contributed by atoms with Crippen molar-refractivity contribution in [1.82, 2.24) is 9.55 Å². The standard InChI is InChI=1S/C10H12N4O4/c11-6-1-2-14(10(16)13-6)9-7-8(17-4-12-7)5(3-15)18-9/h1-2,4-5,7-9,15H,3H2,(H2,11,13,16)/t5-,7-,8-,9-/m1/s1. The fraction of sp³-hybridized carbons (Fsp3) is 0.500. The van der Waals surface area contributed by atoms with Crippen molar-refractivity contribution in [3.63, 3.8) is 0 Å². The Bertz CT molecular complexity index is 543. The highest BCUT2D eigenvalue weighted by Gasteiger charge is 2.49. The Kier molecular flexibility index (Phi) is 2.53. The fourth-order valence-electron chi connectivity index (χ4n) is 2.22. The van der Waals surface area contributed by atoms with Crippen LogP contribution in [0.2, 0.25) is 0 Å². The summed E-state index contributed by atoms with van der Waals surface area (Å²) in [7, 11) is 0. The van der Waals surface area contributed by atoms with Gasteiger partial charge in [0.25, 0.3) is 0 Å². The zero-order valence-corrected chi connectivity index (χ0v) is 9.34. The predicted octanol–water partition coefficient (Wildman–Crippen LogP) is -1.49. The molecule has 3 heterocycles. The molecule has 0 amide bonds. The Hall–Kier alpha value is -1.93. The third-order valence-corrected chi connectivity index (χ3v) is 3.07. The van der Waals surface area contributed by atoms with Crippen LogP contribution in [-0.2, 0) is 9.47 Å². The lowest BCUT2D eigenvalue weighted by Gasteiger charge is -2.16. The van der Waals surface area contributed by atoms with Crippen LogP contribution in [0.5, 0.6) is 0 Å². The van der Waals surface area contributed by atoms with E-state index in [1.807, 2.05) is 0 Å². The summed E-state index contributed by atoms with van der Waals surface area (Å²) in [5.41, 5.74) is 4.91. The molecule has 1 aromatic rings. The minimum absolute atomic E-state index is 0.149. The summed E-state index contributed by atoms with van der Waals surface area (Å²) in [4.78, 5) is 19.5. The largest absolute Gasteiger partial charge is 0.475 e. The van der Waals surface area contributed by atoms with E-state index < -0.39 is 18.0 Å². The first kappa shape index (κ1) is 11.2. The molecule has 1 saturated heterocycles. The molecule has 2 aliphatic heterocycles. The topological polar surface area (TPSA) is 112 Å². The number of nitrogen functional groups attached to an aromatic ring is 1. The molecular formula is C10H12N4O4. The van der Waals surface area contributed by atoms with E-state index in [0.717, 1.165) is 0 Å². The Balaban J connectivity index is 1.97. The lowest BCUT2D eigenvalue weighted by molar-refractivity contribution is -0.0453. The molecule has 0 spiro atoms. The number of hydrogen-bond acceptors (Lipinski definition) is 7. The van der Waals surface area contributed by atoms with Crippen molar-refractivity contribution in [2.45, 2.75) is 24.5 Å². The Morgan fingerprint density at radius 3 is 3.11 bits per heavy atom. The van der Waals surface area contributed by atoms with Gasteiger partial charge < -0.3 is 20.3 Å². The summed E-state index contributed by atoms with van der Waals surface area (Å²) < 4.78 is 12.1. The van der Waals surface area contributed by atoms with Crippen LogP contribution in [0.15, 0.2) is 22.1 Å². The predicted molar refractivity (Wildman–Crippen MR) is 61.1 cm³/mol. The van der Waals surface area contributed by atoms with Crippen molar-refractivity contribution >= 4 is 12.2 Å². The number of nitrogens with two attached hydrogens (primary N) is 1. The number of aliphatic imine (C=N–C) groups is 1. The second-order valence-electron chi connectivity index (χ2n) is 4.14. The third-order valence-electron chi connectivity index (χ3n) is 3.07. The van der Waals surface area contributed by atoms with E-state index in [2.05, 4.69) is 9.98 Å². The van der Waals surface area contributed by atoms with Crippen molar-refractivity contribution in [3.8, 4) is 0 Å². The highest BCUT2D eigenvalue weighted by Crippen LogP contribution is 2.34. The molecule has 0 unspecified atom stereocenters. The van der Waals surface area contributed by atoms with Gasteiger partial charge in [0.15, 0.2) is 18.7 Å². The quantitative estimate of drug-likeness (QED) is 0.663. The Morgan fingerprint density at radius 1 is 1.56 bits per heavy atom. The molecule has 0 bridgehead atoms. The summed E-state index contributed by atoms with van der Waals surface area (Å²) in [6.07, 6.45) is 1.31. The van der Waals surface area contributed by atoms with Gasteiger partial charge in [-0.15, -0.1) is 0 Å². The maximum Gasteiger partial charge on any atom is 0.351 e. The van der Waals surface area contributed by atoms with Crippen LogP contribution in [0, 0.1) is 0 Å². The maximum atomic E-state index is 11.7. The van der Waals surface area contributed by atoms with Gasteiger partial charge in [0, 0.05) is 6.20 Å². The highest BCUT2D eigenvalue weighted by atomic mass is 16.6. The van der Waals surface area contributed by atoms with Crippen molar-refractivity contribution in [2.75, 3.05) is 12.3 Å². The van der Waals surface area contributed by atoms with E-state index in [1.54, 1.807) is 0 Å². The fourth-order valence-corrected chi connectivity index (χ4v) is 2.22. The molecule has 0 radical (unpaired) electrons. The van der Waals surface area contributed by atoms with Crippen molar-refractivity contribution in [1.29, 1.82) is 0 Å². The molecule has 8 nitrogen and oxygen atoms in total. The molecule has 2 aliphatic rings. The van der Waals surface area contributed by atoms with E-state index in [1.165, 1.54) is 23.2 Å². The van der Waals surface area contributed by atoms with Gasteiger partial charge in [0.1, 0.15) is 18.0 Å². The number of ether oxygens (including phenoxy) is 2. The smallest absolute Gasteiger partial charge is 0.351 e. The van der Waals surface area contributed by atoms with Crippen LogP contribution >= 0.6 is 0 Å². The Labute approximate surface area is 102 Å². The van der Waals surface area contributed by atoms with Crippen molar-refractivity contribution < 1.29 is 14.6 Å². The number of fused-ring (bicyclic) bond motifs is 1. The molecule has 3 N–H and O–H groups in total. The minimum atomic E-state index is -0.633. The van der Waals surface area contributed by atoms with Gasteiger partial charge in [-0.2, -0.15) is 4.98 Å². The van der Waals surface area contributed by atoms with Gasteiger partial charge in [0.05, 0.1) is 6.61 Å². The minimum Gasteiger partial charge on any atom is -0.475 e. The number of aliphatic hydroxyl groups is 1. The lowest BCUT2D eigenvalue weighted by atomic mass is 10.1. The average molecular weight is 252 g/mol. The van der Waals surface area contributed by atoms with E-state index >= 15 is 0 Å². The molecular weight excluding hydrogens is 240 g/mol. The number of aliphatic hydroxyl groups excluding tert-OH is 1. The number of nitrogens with zero attached hydrogens (tertiary/aromatic N) is 3. The maximum absolute atomic E-state index is 11.7. The van der Waals surface area contributed by atoms with Crippen LogP contribution in [0.1, 0.15) is 6.23 Å². The molecule has 0 aliphatic carbocycles. The molecule has 3 rings (SSSR count). The van der Waals surface area contributed by atoms with Gasteiger partial charge >= 0.3 is 5.69 Å². The molecule has 0 aromatic carbocycles. The summed E-state index contributed by atoms with van der Waals surface area (Å²) >= 11 is 0. The van der Waals surface area contributed by atoms with E-state index in [0.29, 0.717) is 0 Å². The summed E-state index contributed by atoms with van der Waals surface area (Å²) in [5.74, 6) is 0.149. The molecule has 4 atom stereocenters. The van der Waals surface area contributed by atoms with Gasteiger partial charge in [0.2, 0.25) is 0 Å². The van der Waals surface area contributed by atoms with Crippen molar-refractivity contribution in [2.24, 2.45) is 4.99 Å². The van der Waals surface area contributed by atoms with Crippen LogP contribution in [0.4, 0.5) is 5.82 Å².